The van der Waals surface area contributed by atoms with Crippen LogP contribution >= 0.6 is 15.9 Å². The summed E-state index contributed by atoms with van der Waals surface area (Å²) in [4.78, 5) is 4.46. The first-order valence-corrected chi connectivity index (χ1v) is 8.05. The zero-order valence-electron chi connectivity index (χ0n) is 8.84. The highest BCUT2D eigenvalue weighted by molar-refractivity contribution is 9.09. The highest BCUT2D eigenvalue weighted by atomic mass is 79.9. The third kappa shape index (κ3) is 3.04. The minimum atomic E-state index is -2.78. The number of pyridine rings is 1. The topological polar surface area (TPSA) is 47.0 Å². The van der Waals surface area contributed by atoms with Gasteiger partial charge in [0.05, 0.1) is 11.5 Å². The fourth-order valence-electron chi connectivity index (χ4n) is 1.99. The van der Waals surface area contributed by atoms with Crippen LogP contribution in [-0.4, -0.2) is 29.7 Å². The van der Waals surface area contributed by atoms with Gasteiger partial charge in [-0.3, -0.25) is 4.98 Å². The van der Waals surface area contributed by atoms with E-state index in [9.17, 15) is 8.42 Å². The van der Waals surface area contributed by atoms with Crippen LogP contribution in [0.4, 0.5) is 0 Å². The van der Waals surface area contributed by atoms with Crippen molar-refractivity contribution in [1.29, 1.82) is 0 Å². The van der Waals surface area contributed by atoms with Crippen LogP contribution in [0, 0.1) is 5.92 Å². The van der Waals surface area contributed by atoms with E-state index in [0.717, 1.165) is 18.5 Å². The normalized spacial score (nSPS) is 25.4. The summed E-state index contributed by atoms with van der Waals surface area (Å²) in [6, 6.07) is 5.80. The molecule has 1 saturated heterocycles. The second-order valence-electron chi connectivity index (χ2n) is 4.20. The molecule has 16 heavy (non-hydrogen) atoms. The van der Waals surface area contributed by atoms with E-state index in [0.29, 0.717) is 11.5 Å². The van der Waals surface area contributed by atoms with Crippen LogP contribution in [0.2, 0.25) is 0 Å². The number of alkyl halides is 1. The Balaban J connectivity index is 1.97. The molecule has 1 aromatic rings. The Hall–Kier alpha value is -0.420. The Morgan fingerprint density at radius 1 is 1.50 bits per heavy atom. The van der Waals surface area contributed by atoms with Crippen molar-refractivity contribution in [2.45, 2.75) is 17.7 Å². The Morgan fingerprint density at radius 3 is 2.88 bits per heavy atom. The number of hydrogen-bond donors (Lipinski definition) is 0. The van der Waals surface area contributed by atoms with Gasteiger partial charge >= 0.3 is 0 Å². The largest absolute Gasteiger partial charge is 0.261 e. The smallest absolute Gasteiger partial charge is 0.150 e. The van der Waals surface area contributed by atoms with E-state index < -0.39 is 9.84 Å². The lowest BCUT2D eigenvalue weighted by atomic mass is 10.0. The predicted molar refractivity (Wildman–Crippen MR) is 67.4 cm³/mol. The van der Waals surface area contributed by atoms with Gasteiger partial charge in [-0.2, -0.15) is 0 Å². The maximum Gasteiger partial charge on any atom is 0.150 e. The number of nitrogens with zero attached hydrogens (tertiary/aromatic N) is 1. The van der Waals surface area contributed by atoms with Crippen LogP contribution < -0.4 is 0 Å². The molecule has 2 atom stereocenters. The Labute approximate surface area is 104 Å². The van der Waals surface area contributed by atoms with E-state index in [1.807, 2.05) is 18.2 Å². The van der Waals surface area contributed by atoms with Gasteiger partial charge in [-0.25, -0.2) is 8.42 Å². The second kappa shape index (κ2) is 4.84. The summed E-state index contributed by atoms with van der Waals surface area (Å²) >= 11 is 3.59. The molecular formula is C11H14BrNO2S. The van der Waals surface area contributed by atoms with E-state index >= 15 is 0 Å². The number of sulfone groups is 1. The fourth-order valence-corrected chi connectivity index (χ4v) is 4.90. The molecule has 1 aliphatic heterocycles. The van der Waals surface area contributed by atoms with Crippen molar-refractivity contribution >= 4 is 25.8 Å². The van der Waals surface area contributed by atoms with Crippen molar-refractivity contribution in [2.75, 3.05) is 11.5 Å². The van der Waals surface area contributed by atoms with Crippen LogP contribution in [0.1, 0.15) is 12.1 Å². The highest BCUT2D eigenvalue weighted by Gasteiger charge is 2.32. The molecule has 1 fully saturated rings. The van der Waals surface area contributed by atoms with Gasteiger partial charge in [0, 0.05) is 23.1 Å². The van der Waals surface area contributed by atoms with Crippen molar-refractivity contribution in [1.82, 2.24) is 4.98 Å². The van der Waals surface area contributed by atoms with E-state index in [2.05, 4.69) is 20.9 Å². The molecule has 1 aliphatic rings. The summed E-state index contributed by atoms with van der Waals surface area (Å²) < 4.78 is 22.7. The van der Waals surface area contributed by atoms with Gasteiger partial charge in [-0.1, -0.05) is 22.0 Å². The van der Waals surface area contributed by atoms with E-state index in [-0.39, 0.29) is 10.7 Å². The molecule has 0 N–H and O–H groups in total. The van der Waals surface area contributed by atoms with Gasteiger partial charge in [0.15, 0.2) is 9.84 Å². The zero-order chi connectivity index (χ0) is 11.6. The van der Waals surface area contributed by atoms with Gasteiger partial charge in [0.2, 0.25) is 0 Å². The van der Waals surface area contributed by atoms with Crippen LogP contribution in [0.5, 0.6) is 0 Å². The van der Waals surface area contributed by atoms with Crippen LogP contribution in [0.3, 0.4) is 0 Å². The summed E-state index contributed by atoms with van der Waals surface area (Å²) in [5, 5.41) is 0. The Bertz CT molecular complexity index is 446. The molecular weight excluding hydrogens is 290 g/mol. The van der Waals surface area contributed by atoms with E-state index in [1.54, 1.807) is 6.20 Å². The number of hydrogen-bond acceptors (Lipinski definition) is 3. The first-order chi connectivity index (χ1) is 7.57. The molecule has 0 radical (unpaired) electrons. The standard InChI is InChI=1S/C11H14BrNO2S/c12-11(7-10-3-1-2-5-13-10)9-4-6-16(14,15)8-9/h1-3,5,9,11H,4,6-8H2. The molecule has 2 unspecified atom stereocenters. The molecule has 0 spiro atoms. The molecule has 0 amide bonds. The number of aromatic nitrogens is 1. The van der Waals surface area contributed by atoms with Crippen LogP contribution in [-0.2, 0) is 16.3 Å². The minimum absolute atomic E-state index is 0.208. The molecule has 3 nitrogen and oxygen atoms in total. The SMILES string of the molecule is O=S1(=O)CCC(C(Br)Cc2ccccn2)C1. The van der Waals surface area contributed by atoms with Crippen LogP contribution in [0.25, 0.3) is 0 Å². The lowest BCUT2D eigenvalue weighted by Crippen LogP contribution is -2.18. The Morgan fingerprint density at radius 2 is 2.31 bits per heavy atom. The van der Waals surface area contributed by atoms with Gasteiger partial charge in [-0.05, 0) is 24.5 Å². The quantitative estimate of drug-likeness (QED) is 0.800. The maximum atomic E-state index is 11.4. The monoisotopic (exact) mass is 303 g/mol. The third-order valence-corrected chi connectivity index (χ3v) is 5.77. The van der Waals surface area contributed by atoms with Crippen molar-refractivity contribution in [3.05, 3.63) is 30.1 Å². The maximum absolute atomic E-state index is 11.4. The average molecular weight is 304 g/mol. The van der Waals surface area contributed by atoms with E-state index in [1.165, 1.54) is 0 Å². The Kier molecular flexibility index (Phi) is 3.64. The van der Waals surface area contributed by atoms with Crippen molar-refractivity contribution in [3.63, 3.8) is 0 Å². The van der Waals surface area contributed by atoms with Crippen LogP contribution in [0.15, 0.2) is 24.4 Å². The summed E-state index contributed by atoms with van der Waals surface area (Å²) in [6.07, 6.45) is 3.33. The molecule has 0 aliphatic carbocycles. The van der Waals surface area contributed by atoms with Crippen molar-refractivity contribution in [2.24, 2.45) is 5.92 Å². The van der Waals surface area contributed by atoms with Crippen molar-refractivity contribution in [3.8, 4) is 0 Å². The summed E-state index contributed by atoms with van der Waals surface area (Å²) in [7, 11) is -2.78. The minimum Gasteiger partial charge on any atom is -0.261 e. The molecule has 0 bridgehead atoms. The lowest BCUT2D eigenvalue weighted by Gasteiger charge is -2.15. The van der Waals surface area contributed by atoms with Gasteiger partial charge in [0.25, 0.3) is 0 Å². The summed E-state index contributed by atoms with van der Waals surface area (Å²) in [5.41, 5.74) is 1.01. The molecule has 88 valence electrons. The molecule has 2 heterocycles. The van der Waals surface area contributed by atoms with E-state index in [4.69, 9.17) is 0 Å². The van der Waals surface area contributed by atoms with Gasteiger partial charge in [0.1, 0.15) is 0 Å². The van der Waals surface area contributed by atoms with Gasteiger partial charge in [-0.15, -0.1) is 0 Å². The first kappa shape index (κ1) is 12.0. The average Bonchev–Trinajstić information content (AvgIpc) is 2.60. The molecule has 0 aromatic carbocycles. The van der Waals surface area contributed by atoms with Gasteiger partial charge < -0.3 is 0 Å². The third-order valence-electron chi connectivity index (χ3n) is 2.91. The lowest BCUT2D eigenvalue weighted by molar-refractivity contribution is 0.560. The zero-order valence-corrected chi connectivity index (χ0v) is 11.2. The summed E-state index contributed by atoms with van der Waals surface area (Å²) in [6.45, 7) is 0. The predicted octanol–water partition coefficient (Wildman–Crippen LogP) is 1.82. The second-order valence-corrected chi connectivity index (χ2v) is 7.61. The van der Waals surface area contributed by atoms with Crippen molar-refractivity contribution < 1.29 is 8.42 Å². The molecule has 5 heteroatoms. The molecule has 1 aromatic heterocycles. The summed E-state index contributed by atoms with van der Waals surface area (Å²) in [5.74, 6) is 0.879. The molecule has 2 rings (SSSR count). The fraction of sp³-hybridized carbons (Fsp3) is 0.545. The molecule has 0 saturated carbocycles. The first-order valence-electron chi connectivity index (χ1n) is 5.31. The number of rotatable bonds is 3. The number of halogens is 1. The highest BCUT2D eigenvalue weighted by Crippen LogP contribution is 2.28.